The van der Waals surface area contributed by atoms with E-state index in [-0.39, 0.29) is 5.91 Å². The van der Waals surface area contributed by atoms with E-state index in [0.717, 1.165) is 36.3 Å². The molecule has 1 aromatic carbocycles. The molecular weight excluding hydrogens is 240 g/mol. The van der Waals surface area contributed by atoms with Crippen LogP contribution in [0, 0.1) is 0 Å². The fourth-order valence-electron chi connectivity index (χ4n) is 2.53. The van der Waals surface area contributed by atoms with Crippen LogP contribution in [0.4, 0.5) is 11.4 Å². The van der Waals surface area contributed by atoms with Crippen molar-refractivity contribution in [2.45, 2.75) is 12.8 Å². The molecule has 0 bridgehead atoms. The van der Waals surface area contributed by atoms with Crippen LogP contribution >= 0.6 is 0 Å². The van der Waals surface area contributed by atoms with E-state index < -0.39 is 0 Å². The average molecular weight is 256 g/mol. The molecular formula is C14H16N4O. The van der Waals surface area contributed by atoms with Gasteiger partial charge in [-0.1, -0.05) is 0 Å². The van der Waals surface area contributed by atoms with Gasteiger partial charge < -0.3 is 15.2 Å². The van der Waals surface area contributed by atoms with Gasteiger partial charge in [-0.2, -0.15) is 0 Å². The van der Waals surface area contributed by atoms with Crippen LogP contribution in [0.2, 0.25) is 0 Å². The smallest absolute Gasteiger partial charge is 0.276 e. The molecule has 2 N–H and O–H groups in total. The van der Waals surface area contributed by atoms with Gasteiger partial charge in [0, 0.05) is 25.0 Å². The molecule has 19 heavy (non-hydrogen) atoms. The number of imidazole rings is 1. The summed E-state index contributed by atoms with van der Waals surface area (Å²) in [6.07, 6.45) is 5.17. The summed E-state index contributed by atoms with van der Waals surface area (Å²) in [6.45, 7) is 0.737. The normalized spacial score (nSPS) is 14.3. The van der Waals surface area contributed by atoms with E-state index in [4.69, 9.17) is 5.73 Å². The lowest BCUT2D eigenvalue weighted by Crippen LogP contribution is -2.36. The minimum absolute atomic E-state index is 0.00859. The number of aryl methyl sites for hydroxylation is 2. The Hall–Kier alpha value is -2.30. The van der Waals surface area contributed by atoms with Crippen molar-refractivity contribution in [2.24, 2.45) is 7.05 Å². The number of nitrogen functional groups attached to an aromatic ring is 1. The number of rotatable bonds is 1. The predicted molar refractivity (Wildman–Crippen MR) is 74.1 cm³/mol. The summed E-state index contributed by atoms with van der Waals surface area (Å²) in [5.41, 5.74) is 9.26. The molecule has 0 radical (unpaired) electrons. The van der Waals surface area contributed by atoms with Gasteiger partial charge in [-0.05, 0) is 36.6 Å². The predicted octanol–water partition coefficient (Wildman–Crippen LogP) is 1.60. The second-order valence-corrected chi connectivity index (χ2v) is 4.84. The van der Waals surface area contributed by atoms with E-state index in [1.807, 2.05) is 30.1 Å². The molecule has 0 unspecified atom stereocenters. The maximum absolute atomic E-state index is 12.6. The molecule has 0 saturated carbocycles. The number of hydrogen-bond donors (Lipinski definition) is 1. The SMILES string of the molecule is Cn1cncc1C(=O)N1CCCc2cc(N)ccc21. The minimum atomic E-state index is -0.00859. The summed E-state index contributed by atoms with van der Waals surface area (Å²) >= 11 is 0. The number of fused-ring (bicyclic) bond motifs is 1. The molecule has 1 aromatic heterocycles. The number of hydrogen-bond acceptors (Lipinski definition) is 3. The molecule has 2 aromatic rings. The zero-order valence-electron chi connectivity index (χ0n) is 10.8. The lowest BCUT2D eigenvalue weighted by molar-refractivity contribution is 0.0977. The Balaban J connectivity index is 2.00. The Morgan fingerprint density at radius 3 is 3.00 bits per heavy atom. The van der Waals surface area contributed by atoms with Crippen molar-refractivity contribution in [1.29, 1.82) is 0 Å². The van der Waals surface area contributed by atoms with Crippen molar-refractivity contribution in [3.8, 4) is 0 Å². The summed E-state index contributed by atoms with van der Waals surface area (Å²) in [4.78, 5) is 18.4. The van der Waals surface area contributed by atoms with Crippen LogP contribution in [0.25, 0.3) is 0 Å². The highest BCUT2D eigenvalue weighted by molar-refractivity contribution is 6.05. The molecule has 0 aliphatic carbocycles. The van der Waals surface area contributed by atoms with Gasteiger partial charge in [0.05, 0.1) is 12.5 Å². The summed E-state index contributed by atoms with van der Waals surface area (Å²) in [6, 6.07) is 5.73. The molecule has 1 aliphatic heterocycles. The largest absolute Gasteiger partial charge is 0.399 e. The Kier molecular flexibility index (Phi) is 2.74. The van der Waals surface area contributed by atoms with Crippen molar-refractivity contribution in [3.05, 3.63) is 42.0 Å². The van der Waals surface area contributed by atoms with E-state index in [9.17, 15) is 4.79 Å². The van der Waals surface area contributed by atoms with Crippen LogP contribution in [0.15, 0.2) is 30.7 Å². The topological polar surface area (TPSA) is 64.2 Å². The molecule has 0 atom stereocenters. The first kappa shape index (κ1) is 11.8. The highest BCUT2D eigenvalue weighted by atomic mass is 16.2. The highest BCUT2D eigenvalue weighted by Crippen LogP contribution is 2.29. The van der Waals surface area contributed by atoms with Gasteiger partial charge in [0.1, 0.15) is 5.69 Å². The Bertz CT molecular complexity index is 632. The number of carbonyl (C=O) groups is 1. The molecule has 98 valence electrons. The lowest BCUT2D eigenvalue weighted by atomic mass is 10.0. The molecule has 0 fully saturated rings. The molecule has 3 rings (SSSR count). The number of nitrogens with two attached hydrogens (primary N) is 1. The van der Waals surface area contributed by atoms with Gasteiger partial charge in [0.25, 0.3) is 5.91 Å². The first-order chi connectivity index (χ1) is 9.16. The Morgan fingerprint density at radius 2 is 2.26 bits per heavy atom. The van der Waals surface area contributed by atoms with Crippen LogP contribution in [0.3, 0.4) is 0 Å². The standard InChI is InChI=1S/C14H16N4O/c1-17-9-16-8-13(17)14(19)18-6-2-3-10-7-11(15)4-5-12(10)18/h4-5,7-9H,2-3,6,15H2,1H3. The number of nitrogens with zero attached hydrogens (tertiary/aromatic N) is 3. The average Bonchev–Trinajstić information content (AvgIpc) is 2.83. The first-order valence-electron chi connectivity index (χ1n) is 6.33. The van der Waals surface area contributed by atoms with Crippen molar-refractivity contribution < 1.29 is 4.79 Å². The maximum atomic E-state index is 12.6. The number of anilines is 2. The Labute approximate surface area is 111 Å². The quantitative estimate of drug-likeness (QED) is 0.788. The van der Waals surface area contributed by atoms with Crippen LogP contribution in [0.1, 0.15) is 22.5 Å². The number of carbonyl (C=O) groups excluding carboxylic acids is 1. The van der Waals surface area contributed by atoms with E-state index in [2.05, 4.69) is 4.98 Å². The molecule has 1 amide bonds. The fourth-order valence-corrected chi connectivity index (χ4v) is 2.53. The van der Waals surface area contributed by atoms with Gasteiger partial charge in [-0.3, -0.25) is 4.79 Å². The molecule has 0 saturated heterocycles. The van der Waals surface area contributed by atoms with Crippen molar-refractivity contribution in [2.75, 3.05) is 17.2 Å². The minimum Gasteiger partial charge on any atom is -0.399 e. The van der Waals surface area contributed by atoms with Gasteiger partial charge in [-0.25, -0.2) is 4.98 Å². The van der Waals surface area contributed by atoms with Crippen LogP contribution in [0.5, 0.6) is 0 Å². The third kappa shape index (κ3) is 1.97. The molecule has 2 heterocycles. The molecule has 1 aliphatic rings. The summed E-state index contributed by atoms with van der Waals surface area (Å²) in [5, 5.41) is 0. The monoisotopic (exact) mass is 256 g/mol. The van der Waals surface area contributed by atoms with Crippen LogP contribution < -0.4 is 10.6 Å². The van der Waals surface area contributed by atoms with E-state index in [1.54, 1.807) is 17.1 Å². The second-order valence-electron chi connectivity index (χ2n) is 4.84. The number of aromatic nitrogens is 2. The second kappa shape index (κ2) is 4.42. The highest BCUT2D eigenvalue weighted by Gasteiger charge is 2.25. The van der Waals surface area contributed by atoms with Crippen LogP contribution in [-0.2, 0) is 13.5 Å². The fraction of sp³-hybridized carbons (Fsp3) is 0.286. The number of benzene rings is 1. The molecule has 0 spiro atoms. The van der Waals surface area contributed by atoms with Gasteiger partial charge in [-0.15, -0.1) is 0 Å². The first-order valence-corrected chi connectivity index (χ1v) is 6.33. The van der Waals surface area contributed by atoms with Gasteiger partial charge in [0.15, 0.2) is 0 Å². The lowest BCUT2D eigenvalue weighted by Gasteiger charge is -2.29. The summed E-state index contributed by atoms with van der Waals surface area (Å²) in [7, 11) is 1.83. The third-order valence-electron chi connectivity index (χ3n) is 3.50. The van der Waals surface area contributed by atoms with E-state index in [0.29, 0.717) is 5.69 Å². The zero-order valence-corrected chi connectivity index (χ0v) is 10.8. The van der Waals surface area contributed by atoms with E-state index in [1.165, 1.54) is 0 Å². The van der Waals surface area contributed by atoms with E-state index >= 15 is 0 Å². The summed E-state index contributed by atoms with van der Waals surface area (Å²) < 4.78 is 1.74. The number of amides is 1. The van der Waals surface area contributed by atoms with Crippen molar-refractivity contribution >= 4 is 17.3 Å². The van der Waals surface area contributed by atoms with Crippen molar-refractivity contribution in [1.82, 2.24) is 9.55 Å². The maximum Gasteiger partial charge on any atom is 0.276 e. The molecule has 5 heteroatoms. The zero-order chi connectivity index (χ0) is 13.4. The van der Waals surface area contributed by atoms with Gasteiger partial charge in [0.2, 0.25) is 0 Å². The van der Waals surface area contributed by atoms with Crippen molar-refractivity contribution in [3.63, 3.8) is 0 Å². The van der Waals surface area contributed by atoms with Crippen LogP contribution in [-0.4, -0.2) is 22.0 Å². The summed E-state index contributed by atoms with van der Waals surface area (Å²) in [5.74, 6) is -0.00859. The third-order valence-corrected chi connectivity index (χ3v) is 3.50. The van der Waals surface area contributed by atoms with Gasteiger partial charge >= 0.3 is 0 Å². The molecule has 5 nitrogen and oxygen atoms in total. The Morgan fingerprint density at radius 1 is 1.42 bits per heavy atom.